The number of aromatic nitrogens is 2. The van der Waals surface area contributed by atoms with E-state index in [4.69, 9.17) is 26.0 Å². The lowest BCUT2D eigenvalue weighted by atomic mass is 10.0. The quantitative estimate of drug-likeness (QED) is 0.544. The predicted molar refractivity (Wildman–Crippen MR) is 124 cm³/mol. The molecule has 166 valence electrons. The second-order valence-corrected chi connectivity index (χ2v) is 8.96. The van der Waals surface area contributed by atoms with Crippen molar-refractivity contribution in [1.82, 2.24) is 14.9 Å². The number of amides is 1. The summed E-state index contributed by atoms with van der Waals surface area (Å²) in [7, 11) is 0. The first-order valence-corrected chi connectivity index (χ1v) is 11.7. The Morgan fingerprint density at radius 2 is 1.94 bits per heavy atom. The molecule has 5 rings (SSSR count). The second-order valence-electron chi connectivity index (χ2n) is 8.52. The number of hydrogen-bond donors (Lipinski definition) is 0. The molecular weight excluding hydrogens is 424 g/mol. The number of nitrogens with zero attached hydrogens (tertiary/aromatic N) is 4. The van der Waals surface area contributed by atoms with Crippen LogP contribution in [0.4, 0.5) is 5.82 Å². The van der Waals surface area contributed by atoms with Gasteiger partial charge in [-0.1, -0.05) is 30.7 Å². The van der Waals surface area contributed by atoms with Gasteiger partial charge in [0, 0.05) is 54.8 Å². The minimum absolute atomic E-state index is 0.0515. The highest BCUT2D eigenvalue weighted by atomic mass is 35.5. The fourth-order valence-electron chi connectivity index (χ4n) is 4.32. The topological polar surface area (TPSA) is 62.5 Å². The monoisotopic (exact) mass is 450 g/mol. The number of furan rings is 1. The van der Waals surface area contributed by atoms with Crippen LogP contribution in [0.15, 0.2) is 47.1 Å². The number of carbonyl (C=O) groups excluding carboxylic acids is 1. The maximum absolute atomic E-state index is 12.7. The van der Waals surface area contributed by atoms with Gasteiger partial charge in [-0.05, 0) is 49.1 Å². The van der Waals surface area contributed by atoms with E-state index in [1.807, 2.05) is 23.1 Å². The molecular formula is C25H27ClN4O2. The lowest BCUT2D eigenvalue weighted by molar-refractivity contribution is 0.0714. The minimum atomic E-state index is -0.0515. The molecule has 32 heavy (non-hydrogen) atoms. The van der Waals surface area contributed by atoms with E-state index in [-0.39, 0.29) is 5.91 Å². The molecule has 0 radical (unpaired) electrons. The van der Waals surface area contributed by atoms with Crippen LogP contribution < -0.4 is 4.90 Å². The molecule has 0 N–H and O–H groups in total. The lowest BCUT2D eigenvalue weighted by Gasteiger charge is -2.36. The van der Waals surface area contributed by atoms with Crippen molar-refractivity contribution in [3.8, 4) is 0 Å². The van der Waals surface area contributed by atoms with Gasteiger partial charge >= 0.3 is 0 Å². The average molecular weight is 451 g/mol. The van der Waals surface area contributed by atoms with Crippen LogP contribution in [0.1, 0.15) is 58.9 Å². The van der Waals surface area contributed by atoms with Gasteiger partial charge in [-0.2, -0.15) is 0 Å². The van der Waals surface area contributed by atoms with E-state index < -0.39 is 0 Å². The minimum Gasteiger partial charge on any atom is -0.459 e. The van der Waals surface area contributed by atoms with Crippen molar-refractivity contribution in [1.29, 1.82) is 0 Å². The highest BCUT2D eigenvalue weighted by Crippen LogP contribution is 2.40. The van der Waals surface area contributed by atoms with Gasteiger partial charge in [0.15, 0.2) is 5.76 Å². The molecule has 0 atom stereocenters. The van der Waals surface area contributed by atoms with Crippen LogP contribution in [-0.4, -0.2) is 47.0 Å². The molecule has 3 heterocycles. The number of anilines is 1. The zero-order valence-corrected chi connectivity index (χ0v) is 19.0. The lowest BCUT2D eigenvalue weighted by Crippen LogP contribution is -2.49. The zero-order chi connectivity index (χ0) is 22.1. The normalized spacial score (nSPS) is 16.4. The van der Waals surface area contributed by atoms with Crippen molar-refractivity contribution in [2.24, 2.45) is 0 Å². The van der Waals surface area contributed by atoms with E-state index in [1.54, 1.807) is 12.1 Å². The van der Waals surface area contributed by atoms with Gasteiger partial charge in [-0.25, -0.2) is 9.97 Å². The molecule has 1 amide bonds. The van der Waals surface area contributed by atoms with Crippen molar-refractivity contribution in [3.63, 3.8) is 0 Å². The molecule has 7 heteroatoms. The molecule has 1 aromatic carbocycles. The summed E-state index contributed by atoms with van der Waals surface area (Å²) in [6.07, 6.45) is 5.49. The zero-order valence-electron chi connectivity index (χ0n) is 18.3. The third-order valence-corrected chi connectivity index (χ3v) is 6.47. The Labute approximate surface area is 193 Å². The Morgan fingerprint density at radius 3 is 2.59 bits per heavy atom. The summed E-state index contributed by atoms with van der Waals surface area (Å²) in [6, 6.07) is 11.5. The standard InChI is InChI=1S/C25H27ClN4O2/c1-2-21-20(16-17-5-3-6-19(26)15-17)24(28-23(27-21)18-8-9-18)29-10-12-30(13-11-29)25(31)22-7-4-14-32-22/h3-7,14-15,18H,2,8-13,16H2,1H3. The summed E-state index contributed by atoms with van der Waals surface area (Å²) in [4.78, 5) is 26.9. The molecule has 0 unspecified atom stereocenters. The van der Waals surface area contributed by atoms with Crippen molar-refractivity contribution in [3.05, 3.63) is 76.1 Å². The fraction of sp³-hybridized carbons (Fsp3) is 0.400. The Morgan fingerprint density at radius 1 is 1.12 bits per heavy atom. The Bertz CT molecular complexity index is 1100. The van der Waals surface area contributed by atoms with Crippen LogP contribution in [0.3, 0.4) is 0 Å². The van der Waals surface area contributed by atoms with Crippen LogP contribution in [0.5, 0.6) is 0 Å². The molecule has 0 spiro atoms. The van der Waals surface area contributed by atoms with E-state index in [0.29, 0.717) is 24.8 Å². The highest BCUT2D eigenvalue weighted by Gasteiger charge is 2.31. The molecule has 2 aromatic heterocycles. The second kappa shape index (κ2) is 8.94. The van der Waals surface area contributed by atoms with Crippen molar-refractivity contribution in [2.45, 2.75) is 38.5 Å². The molecule has 1 aliphatic carbocycles. The van der Waals surface area contributed by atoms with Gasteiger partial charge < -0.3 is 14.2 Å². The number of rotatable bonds is 6. The van der Waals surface area contributed by atoms with Crippen LogP contribution in [0, 0.1) is 0 Å². The van der Waals surface area contributed by atoms with Crippen LogP contribution in [0.25, 0.3) is 0 Å². The first kappa shape index (κ1) is 21.0. The Balaban J connectivity index is 1.43. The van der Waals surface area contributed by atoms with Crippen LogP contribution in [0.2, 0.25) is 5.02 Å². The molecule has 3 aromatic rings. The number of benzene rings is 1. The van der Waals surface area contributed by atoms with Crippen molar-refractivity contribution < 1.29 is 9.21 Å². The summed E-state index contributed by atoms with van der Waals surface area (Å²) in [6.45, 7) is 4.91. The molecule has 6 nitrogen and oxygen atoms in total. The molecule has 2 aliphatic rings. The van der Waals surface area contributed by atoms with Gasteiger partial charge in [-0.3, -0.25) is 4.79 Å². The summed E-state index contributed by atoms with van der Waals surface area (Å²) < 4.78 is 5.30. The van der Waals surface area contributed by atoms with E-state index in [1.165, 1.54) is 24.7 Å². The van der Waals surface area contributed by atoms with E-state index in [9.17, 15) is 4.79 Å². The largest absolute Gasteiger partial charge is 0.459 e. The predicted octanol–water partition coefficient (Wildman–Crippen LogP) is 4.72. The Hall–Kier alpha value is -2.86. The third kappa shape index (κ3) is 4.37. The summed E-state index contributed by atoms with van der Waals surface area (Å²) >= 11 is 6.25. The number of halogens is 1. The van der Waals surface area contributed by atoms with Gasteiger partial charge in [0.05, 0.1) is 6.26 Å². The maximum Gasteiger partial charge on any atom is 0.289 e. The molecule has 1 aliphatic heterocycles. The van der Waals surface area contributed by atoms with Gasteiger partial charge in [0.2, 0.25) is 0 Å². The summed E-state index contributed by atoms with van der Waals surface area (Å²) in [5.74, 6) is 2.82. The summed E-state index contributed by atoms with van der Waals surface area (Å²) in [5.41, 5.74) is 3.44. The first-order chi connectivity index (χ1) is 15.6. The van der Waals surface area contributed by atoms with E-state index in [0.717, 1.165) is 53.9 Å². The molecule has 2 fully saturated rings. The fourth-order valence-corrected chi connectivity index (χ4v) is 4.54. The van der Waals surface area contributed by atoms with Gasteiger partial charge in [0.25, 0.3) is 5.91 Å². The third-order valence-electron chi connectivity index (χ3n) is 6.23. The van der Waals surface area contributed by atoms with Crippen LogP contribution >= 0.6 is 11.6 Å². The Kier molecular flexibility index (Phi) is 5.87. The van der Waals surface area contributed by atoms with Crippen molar-refractivity contribution >= 4 is 23.3 Å². The van der Waals surface area contributed by atoms with E-state index >= 15 is 0 Å². The molecule has 1 saturated carbocycles. The van der Waals surface area contributed by atoms with Gasteiger partial charge in [0.1, 0.15) is 11.6 Å². The first-order valence-electron chi connectivity index (χ1n) is 11.3. The van der Waals surface area contributed by atoms with Crippen LogP contribution in [-0.2, 0) is 12.8 Å². The molecule has 0 bridgehead atoms. The number of hydrogen-bond acceptors (Lipinski definition) is 5. The number of aryl methyl sites for hydroxylation is 1. The van der Waals surface area contributed by atoms with E-state index in [2.05, 4.69) is 17.9 Å². The summed E-state index contributed by atoms with van der Waals surface area (Å²) in [5, 5.41) is 0.739. The average Bonchev–Trinajstić information content (AvgIpc) is 3.52. The maximum atomic E-state index is 12.7. The molecule has 1 saturated heterocycles. The van der Waals surface area contributed by atoms with Gasteiger partial charge in [-0.15, -0.1) is 0 Å². The van der Waals surface area contributed by atoms with Crippen molar-refractivity contribution in [2.75, 3.05) is 31.1 Å². The number of carbonyl (C=O) groups is 1. The number of piperazine rings is 1. The SMILES string of the molecule is CCc1nc(C2CC2)nc(N2CCN(C(=O)c3ccco3)CC2)c1Cc1cccc(Cl)c1. The highest BCUT2D eigenvalue weighted by molar-refractivity contribution is 6.30. The smallest absolute Gasteiger partial charge is 0.289 e.